The van der Waals surface area contributed by atoms with E-state index < -0.39 is 6.09 Å². The number of amides is 1. The van der Waals surface area contributed by atoms with E-state index in [1.807, 2.05) is 0 Å². The molecule has 0 atom stereocenters. The highest BCUT2D eigenvalue weighted by atomic mass is 16.5. The number of nitrogens with zero attached hydrogens (tertiary/aromatic N) is 1. The van der Waals surface area contributed by atoms with Crippen molar-refractivity contribution in [2.24, 2.45) is 5.73 Å². The standard InChI is InChI=1S/C8H12N4O2/c9-7-2-1-6(5-12-7)11-3-4-14-8(10)13/h1-2,5,11H,3-4H2,(H2,9,12)(H2,10,13). The first-order valence-corrected chi connectivity index (χ1v) is 4.06. The second kappa shape index (κ2) is 4.90. The molecule has 0 saturated carbocycles. The van der Waals surface area contributed by atoms with Gasteiger partial charge < -0.3 is 21.5 Å². The van der Waals surface area contributed by atoms with Crippen LogP contribution in [0.25, 0.3) is 0 Å². The van der Waals surface area contributed by atoms with Crippen molar-refractivity contribution < 1.29 is 9.53 Å². The van der Waals surface area contributed by atoms with E-state index in [2.05, 4.69) is 15.0 Å². The lowest BCUT2D eigenvalue weighted by molar-refractivity contribution is 0.161. The Bertz CT molecular complexity index is 299. The van der Waals surface area contributed by atoms with Crippen molar-refractivity contribution in [1.29, 1.82) is 0 Å². The van der Waals surface area contributed by atoms with Gasteiger partial charge in [0.2, 0.25) is 0 Å². The maximum absolute atomic E-state index is 10.2. The Morgan fingerprint density at radius 2 is 2.36 bits per heavy atom. The molecule has 0 aliphatic carbocycles. The van der Waals surface area contributed by atoms with Gasteiger partial charge in [-0.15, -0.1) is 0 Å². The molecule has 1 amide bonds. The van der Waals surface area contributed by atoms with Crippen molar-refractivity contribution in [2.45, 2.75) is 0 Å². The van der Waals surface area contributed by atoms with Crippen molar-refractivity contribution in [3.63, 3.8) is 0 Å². The zero-order chi connectivity index (χ0) is 10.4. The predicted molar refractivity (Wildman–Crippen MR) is 52.7 cm³/mol. The highest BCUT2D eigenvalue weighted by Crippen LogP contribution is 2.05. The Morgan fingerprint density at radius 3 is 2.93 bits per heavy atom. The summed E-state index contributed by atoms with van der Waals surface area (Å²) in [4.78, 5) is 14.1. The number of hydrogen-bond donors (Lipinski definition) is 3. The number of primary amides is 1. The molecule has 0 unspecified atom stereocenters. The number of nitrogen functional groups attached to an aromatic ring is 1. The molecular weight excluding hydrogens is 184 g/mol. The number of nitrogens with two attached hydrogens (primary N) is 2. The van der Waals surface area contributed by atoms with Gasteiger partial charge >= 0.3 is 6.09 Å². The molecule has 0 aliphatic rings. The van der Waals surface area contributed by atoms with Crippen LogP contribution in [0.3, 0.4) is 0 Å². The molecule has 6 heteroatoms. The van der Waals surface area contributed by atoms with Crippen molar-refractivity contribution >= 4 is 17.6 Å². The molecule has 1 aromatic heterocycles. The fourth-order valence-corrected chi connectivity index (χ4v) is 0.857. The normalized spacial score (nSPS) is 9.43. The first kappa shape index (κ1) is 10.1. The van der Waals surface area contributed by atoms with E-state index in [0.717, 1.165) is 5.69 Å². The van der Waals surface area contributed by atoms with E-state index in [9.17, 15) is 4.79 Å². The Balaban J connectivity index is 2.25. The van der Waals surface area contributed by atoms with E-state index >= 15 is 0 Å². The largest absolute Gasteiger partial charge is 0.448 e. The minimum atomic E-state index is -0.776. The van der Waals surface area contributed by atoms with Gasteiger partial charge in [0.25, 0.3) is 0 Å². The molecule has 5 N–H and O–H groups in total. The predicted octanol–water partition coefficient (Wildman–Crippen LogP) is 0.171. The van der Waals surface area contributed by atoms with Gasteiger partial charge in [-0.05, 0) is 12.1 Å². The first-order valence-electron chi connectivity index (χ1n) is 4.06. The lowest BCUT2D eigenvalue weighted by atomic mass is 10.4. The van der Waals surface area contributed by atoms with Gasteiger partial charge in [0.15, 0.2) is 0 Å². The van der Waals surface area contributed by atoms with Gasteiger partial charge in [0, 0.05) is 6.54 Å². The molecule has 0 fully saturated rings. The number of carbonyl (C=O) groups is 1. The third-order valence-electron chi connectivity index (χ3n) is 1.46. The smallest absolute Gasteiger partial charge is 0.404 e. The molecule has 1 aromatic rings. The molecule has 1 heterocycles. The minimum Gasteiger partial charge on any atom is -0.448 e. The van der Waals surface area contributed by atoms with Crippen molar-refractivity contribution in [1.82, 2.24) is 4.98 Å². The van der Waals surface area contributed by atoms with Crippen LogP contribution in [0.4, 0.5) is 16.3 Å². The van der Waals surface area contributed by atoms with Crippen LogP contribution >= 0.6 is 0 Å². The van der Waals surface area contributed by atoms with Crippen molar-refractivity contribution in [3.05, 3.63) is 18.3 Å². The number of anilines is 2. The van der Waals surface area contributed by atoms with E-state index in [1.54, 1.807) is 18.3 Å². The van der Waals surface area contributed by atoms with E-state index in [1.165, 1.54) is 0 Å². The Hall–Kier alpha value is -1.98. The summed E-state index contributed by atoms with van der Waals surface area (Å²) in [6, 6.07) is 3.46. The van der Waals surface area contributed by atoms with Gasteiger partial charge in [0.05, 0.1) is 11.9 Å². The number of pyridine rings is 1. The number of ether oxygens (including phenoxy) is 1. The van der Waals surface area contributed by atoms with Crippen molar-refractivity contribution in [3.8, 4) is 0 Å². The highest BCUT2D eigenvalue weighted by Gasteiger charge is 1.94. The number of hydrogen-bond acceptors (Lipinski definition) is 5. The fourth-order valence-electron chi connectivity index (χ4n) is 0.857. The van der Waals surface area contributed by atoms with Gasteiger partial charge in [-0.1, -0.05) is 0 Å². The van der Waals surface area contributed by atoms with Crippen LogP contribution in [0.2, 0.25) is 0 Å². The topological polar surface area (TPSA) is 103 Å². The van der Waals surface area contributed by atoms with Gasteiger partial charge in [-0.2, -0.15) is 0 Å². The molecular formula is C8H12N4O2. The lowest BCUT2D eigenvalue weighted by Gasteiger charge is -2.05. The van der Waals surface area contributed by atoms with Crippen LogP contribution in [0, 0.1) is 0 Å². The third-order valence-corrected chi connectivity index (χ3v) is 1.46. The second-order valence-corrected chi connectivity index (χ2v) is 2.57. The first-order chi connectivity index (χ1) is 6.68. The van der Waals surface area contributed by atoms with E-state index in [0.29, 0.717) is 12.4 Å². The zero-order valence-corrected chi connectivity index (χ0v) is 7.56. The van der Waals surface area contributed by atoms with Gasteiger partial charge in [-0.3, -0.25) is 0 Å². The minimum absolute atomic E-state index is 0.222. The summed E-state index contributed by atoms with van der Waals surface area (Å²) in [6.45, 7) is 0.703. The molecule has 0 bridgehead atoms. The fraction of sp³-hybridized carbons (Fsp3) is 0.250. The molecule has 6 nitrogen and oxygen atoms in total. The number of nitrogens with one attached hydrogen (secondary N) is 1. The third kappa shape index (κ3) is 3.61. The summed E-state index contributed by atoms with van der Waals surface area (Å²) in [5, 5.41) is 2.98. The zero-order valence-electron chi connectivity index (χ0n) is 7.56. The quantitative estimate of drug-likeness (QED) is 0.595. The van der Waals surface area contributed by atoms with Crippen LogP contribution in [0.15, 0.2) is 18.3 Å². The summed E-state index contributed by atoms with van der Waals surface area (Å²) in [5.74, 6) is 0.462. The van der Waals surface area contributed by atoms with Crippen LogP contribution < -0.4 is 16.8 Å². The molecule has 76 valence electrons. The maximum atomic E-state index is 10.2. The van der Waals surface area contributed by atoms with E-state index in [-0.39, 0.29) is 6.61 Å². The van der Waals surface area contributed by atoms with Crippen LogP contribution in [-0.4, -0.2) is 24.2 Å². The summed E-state index contributed by atoms with van der Waals surface area (Å²) in [5.41, 5.74) is 11.0. The SMILES string of the molecule is NC(=O)OCCNc1ccc(N)nc1. The number of aromatic nitrogens is 1. The van der Waals surface area contributed by atoms with Gasteiger partial charge in [-0.25, -0.2) is 9.78 Å². The molecule has 0 spiro atoms. The van der Waals surface area contributed by atoms with Gasteiger partial charge in [0.1, 0.15) is 12.4 Å². The highest BCUT2D eigenvalue weighted by molar-refractivity contribution is 5.64. The van der Waals surface area contributed by atoms with E-state index in [4.69, 9.17) is 11.5 Å². The monoisotopic (exact) mass is 196 g/mol. The molecule has 0 saturated heterocycles. The number of carbonyl (C=O) groups excluding carboxylic acids is 1. The molecule has 14 heavy (non-hydrogen) atoms. The summed E-state index contributed by atoms with van der Waals surface area (Å²) < 4.78 is 4.52. The average molecular weight is 196 g/mol. The Labute approximate surface area is 81.3 Å². The summed E-state index contributed by atoms with van der Waals surface area (Å²) in [7, 11) is 0. The molecule has 0 aliphatic heterocycles. The molecule has 0 radical (unpaired) electrons. The van der Waals surface area contributed by atoms with Crippen LogP contribution in [0.5, 0.6) is 0 Å². The van der Waals surface area contributed by atoms with Crippen LogP contribution in [0.1, 0.15) is 0 Å². The number of rotatable bonds is 4. The summed E-state index contributed by atoms with van der Waals surface area (Å²) >= 11 is 0. The molecule has 1 rings (SSSR count). The summed E-state index contributed by atoms with van der Waals surface area (Å²) in [6.07, 6.45) is 0.821. The molecule has 0 aromatic carbocycles. The Morgan fingerprint density at radius 1 is 1.57 bits per heavy atom. The van der Waals surface area contributed by atoms with Crippen molar-refractivity contribution in [2.75, 3.05) is 24.2 Å². The maximum Gasteiger partial charge on any atom is 0.404 e. The lowest BCUT2D eigenvalue weighted by Crippen LogP contribution is -2.18. The average Bonchev–Trinajstić information content (AvgIpc) is 2.15. The van der Waals surface area contributed by atoms with Crippen LogP contribution in [-0.2, 0) is 4.74 Å². The second-order valence-electron chi connectivity index (χ2n) is 2.57. The Kier molecular flexibility index (Phi) is 3.54.